The molecule has 4 rings (SSSR count). The fraction of sp³-hybridized carbons (Fsp3) is 0.250. The summed E-state index contributed by atoms with van der Waals surface area (Å²) in [4.78, 5) is 12.9. The normalized spacial score (nSPS) is 12.7. The van der Waals surface area contributed by atoms with Crippen LogP contribution < -0.4 is 10.1 Å². The van der Waals surface area contributed by atoms with Gasteiger partial charge in [-0.2, -0.15) is 18.3 Å². The molecule has 0 bridgehead atoms. The number of ether oxygens (including phenoxy) is 1. The molecular formula is C24H23F3N4O2. The lowest BCUT2D eigenvalue weighted by molar-refractivity contribution is -0.141. The summed E-state index contributed by atoms with van der Waals surface area (Å²) < 4.78 is 48.3. The molecule has 4 aromatic rings. The van der Waals surface area contributed by atoms with Crippen LogP contribution in [0.15, 0.2) is 60.8 Å². The molecule has 6 nitrogen and oxygen atoms in total. The van der Waals surface area contributed by atoms with E-state index < -0.39 is 17.8 Å². The first kappa shape index (κ1) is 22.4. The van der Waals surface area contributed by atoms with E-state index in [1.807, 2.05) is 42.1 Å². The molecule has 0 saturated carbocycles. The van der Waals surface area contributed by atoms with Crippen LogP contribution in [-0.2, 0) is 24.6 Å². The zero-order valence-electron chi connectivity index (χ0n) is 18.3. The van der Waals surface area contributed by atoms with Crippen LogP contribution in [0.1, 0.15) is 29.8 Å². The van der Waals surface area contributed by atoms with E-state index >= 15 is 0 Å². The molecule has 1 unspecified atom stereocenters. The molecule has 2 heterocycles. The van der Waals surface area contributed by atoms with Gasteiger partial charge in [0.1, 0.15) is 5.75 Å². The van der Waals surface area contributed by atoms with Crippen molar-refractivity contribution < 1.29 is 22.7 Å². The highest BCUT2D eigenvalue weighted by Crippen LogP contribution is 2.31. The van der Waals surface area contributed by atoms with Crippen molar-refractivity contribution in [2.45, 2.75) is 25.6 Å². The Bertz CT molecular complexity index is 1310. The van der Waals surface area contributed by atoms with Crippen LogP contribution >= 0.6 is 0 Å². The van der Waals surface area contributed by atoms with Gasteiger partial charge >= 0.3 is 6.18 Å². The van der Waals surface area contributed by atoms with Gasteiger partial charge in [0.05, 0.1) is 31.0 Å². The molecule has 0 fully saturated rings. The predicted molar refractivity (Wildman–Crippen MR) is 118 cm³/mol. The predicted octanol–water partition coefficient (Wildman–Crippen LogP) is 4.81. The number of rotatable bonds is 6. The number of methoxy groups -OCH3 is 1. The van der Waals surface area contributed by atoms with Gasteiger partial charge in [-0.25, -0.2) is 4.68 Å². The minimum atomic E-state index is -4.61. The zero-order chi connectivity index (χ0) is 23.8. The third-order valence-corrected chi connectivity index (χ3v) is 5.60. The Hall–Kier alpha value is -3.75. The van der Waals surface area contributed by atoms with E-state index in [0.29, 0.717) is 11.4 Å². The number of para-hydroxylation sites is 1. The van der Waals surface area contributed by atoms with Gasteiger partial charge in [0.15, 0.2) is 5.69 Å². The SMILES string of the molecule is COc1cccc(-n2nc(C(F)(F)F)cc2CNC(=O)C(C)c2cn(C)c3ccccc23)c1. The van der Waals surface area contributed by atoms with Crippen LogP contribution in [0.3, 0.4) is 0 Å². The molecule has 33 heavy (non-hydrogen) atoms. The number of benzene rings is 2. The van der Waals surface area contributed by atoms with Gasteiger partial charge in [-0.05, 0) is 36.8 Å². The highest BCUT2D eigenvalue weighted by molar-refractivity contribution is 5.92. The van der Waals surface area contributed by atoms with Crippen molar-refractivity contribution in [1.29, 1.82) is 0 Å². The van der Waals surface area contributed by atoms with Crippen molar-refractivity contribution in [2.75, 3.05) is 7.11 Å². The van der Waals surface area contributed by atoms with Gasteiger partial charge in [-0.3, -0.25) is 4.79 Å². The lowest BCUT2D eigenvalue weighted by Gasteiger charge is -2.13. The molecule has 1 N–H and O–H groups in total. The molecule has 0 aliphatic rings. The number of alkyl halides is 3. The Balaban J connectivity index is 1.60. The summed E-state index contributed by atoms with van der Waals surface area (Å²) in [5.74, 6) is -0.305. The second kappa shape index (κ2) is 8.65. The number of amides is 1. The molecule has 172 valence electrons. The van der Waals surface area contributed by atoms with E-state index in [1.165, 1.54) is 11.8 Å². The first-order chi connectivity index (χ1) is 15.7. The molecule has 0 aliphatic heterocycles. The summed E-state index contributed by atoms with van der Waals surface area (Å²) in [6, 6.07) is 15.2. The number of carbonyl (C=O) groups excluding carboxylic acids is 1. The monoisotopic (exact) mass is 456 g/mol. The Morgan fingerprint density at radius 2 is 1.91 bits per heavy atom. The minimum Gasteiger partial charge on any atom is -0.497 e. The van der Waals surface area contributed by atoms with Crippen molar-refractivity contribution in [1.82, 2.24) is 19.7 Å². The fourth-order valence-corrected chi connectivity index (χ4v) is 3.84. The van der Waals surface area contributed by atoms with E-state index in [-0.39, 0.29) is 18.1 Å². The largest absolute Gasteiger partial charge is 0.497 e. The molecule has 2 aromatic carbocycles. The zero-order valence-corrected chi connectivity index (χ0v) is 18.3. The summed E-state index contributed by atoms with van der Waals surface area (Å²) >= 11 is 0. The highest BCUT2D eigenvalue weighted by atomic mass is 19.4. The standard InChI is InChI=1S/C24H23F3N4O2/c1-15(20-14-30(2)21-10-5-4-9-19(20)21)23(32)28-13-17-12-22(24(25,26)27)29-31(17)16-7-6-8-18(11-16)33-3/h4-12,14-15H,13H2,1-3H3,(H,28,32). The Kier molecular flexibility index (Phi) is 5.88. The van der Waals surface area contributed by atoms with Crippen LogP contribution in [-0.4, -0.2) is 27.4 Å². The first-order valence-electron chi connectivity index (χ1n) is 10.3. The van der Waals surface area contributed by atoms with Gasteiger partial charge in [0.2, 0.25) is 5.91 Å². The molecule has 0 spiro atoms. The molecule has 1 atom stereocenters. The molecule has 9 heteroatoms. The summed E-state index contributed by atoms with van der Waals surface area (Å²) in [5.41, 5.74) is 1.42. The smallest absolute Gasteiger partial charge is 0.435 e. The molecule has 1 amide bonds. The van der Waals surface area contributed by atoms with E-state index in [9.17, 15) is 18.0 Å². The number of nitrogens with zero attached hydrogens (tertiary/aromatic N) is 3. The number of halogens is 3. The van der Waals surface area contributed by atoms with Gasteiger partial charge in [-0.1, -0.05) is 24.3 Å². The Morgan fingerprint density at radius 3 is 2.64 bits per heavy atom. The summed E-state index contributed by atoms with van der Waals surface area (Å²) in [7, 11) is 3.38. The number of aryl methyl sites for hydroxylation is 1. The maximum atomic E-state index is 13.4. The quantitative estimate of drug-likeness (QED) is 0.453. The van der Waals surface area contributed by atoms with Crippen LogP contribution in [0.2, 0.25) is 0 Å². The van der Waals surface area contributed by atoms with E-state index in [0.717, 1.165) is 22.5 Å². The number of aromatic nitrogens is 3. The molecule has 0 aliphatic carbocycles. The molecule has 0 radical (unpaired) electrons. The highest BCUT2D eigenvalue weighted by Gasteiger charge is 2.35. The molecule has 0 saturated heterocycles. The third kappa shape index (κ3) is 4.44. The van der Waals surface area contributed by atoms with Gasteiger partial charge in [0.25, 0.3) is 0 Å². The summed E-state index contributed by atoms with van der Waals surface area (Å²) in [6.45, 7) is 1.66. The average molecular weight is 456 g/mol. The molecule has 2 aromatic heterocycles. The third-order valence-electron chi connectivity index (χ3n) is 5.60. The average Bonchev–Trinajstić information content (AvgIpc) is 3.39. The number of hydrogen-bond acceptors (Lipinski definition) is 3. The van der Waals surface area contributed by atoms with Crippen LogP contribution in [0.5, 0.6) is 5.75 Å². The van der Waals surface area contributed by atoms with Crippen molar-refractivity contribution in [2.24, 2.45) is 7.05 Å². The Morgan fingerprint density at radius 1 is 1.15 bits per heavy atom. The molecular weight excluding hydrogens is 433 g/mol. The maximum absolute atomic E-state index is 13.4. The van der Waals surface area contributed by atoms with Crippen LogP contribution in [0, 0.1) is 0 Å². The lowest BCUT2D eigenvalue weighted by atomic mass is 9.99. The fourth-order valence-electron chi connectivity index (χ4n) is 3.84. The number of nitrogens with one attached hydrogen (secondary N) is 1. The second-order valence-corrected chi connectivity index (χ2v) is 7.78. The lowest BCUT2D eigenvalue weighted by Crippen LogP contribution is -2.28. The Labute approximate surface area is 188 Å². The van der Waals surface area contributed by atoms with Crippen molar-refractivity contribution in [3.05, 3.63) is 77.7 Å². The van der Waals surface area contributed by atoms with E-state index in [1.54, 1.807) is 31.2 Å². The maximum Gasteiger partial charge on any atom is 0.435 e. The van der Waals surface area contributed by atoms with Gasteiger partial charge in [-0.15, -0.1) is 0 Å². The number of hydrogen-bond donors (Lipinski definition) is 1. The van der Waals surface area contributed by atoms with Crippen molar-refractivity contribution in [3.63, 3.8) is 0 Å². The minimum absolute atomic E-state index is 0.117. The first-order valence-corrected chi connectivity index (χ1v) is 10.3. The van der Waals surface area contributed by atoms with Gasteiger partial charge < -0.3 is 14.6 Å². The number of carbonyl (C=O) groups is 1. The van der Waals surface area contributed by atoms with Gasteiger partial charge in [0, 0.05) is 30.2 Å². The topological polar surface area (TPSA) is 61.1 Å². The van der Waals surface area contributed by atoms with Crippen LogP contribution in [0.4, 0.5) is 13.2 Å². The van der Waals surface area contributed by atoms with Crippen LogP contribution in [0.25, 0.3) is 16.6 Å². The number of fused-ring (bicyclic) bond motifs is 1. The van der Waals surface area contributed by atoms with Crippen molar-refractivity contribution >= 4 is 16.8 Å². The van der Waals surface area contributed by atoms with E-state index in [4.69, 9.17) is 4.74 Å². The second-order valence-electron chi connectivity index (χ2n) is 7.78. The summed E-state index contributed by atoms with van der Waals surface area (Å²) in [6.07, 6.45) is -2.71. The summed E-state index contributed by atoms with van der Waals surface area (Å²) in [5, 5.41) is 7.46. The van der Waals surface area contributed by atoms with E-state index in [2.05, 4.69) is 10.4 Å². The van der Waals surface area contributed by atoms with Crippen molar-refractivity contribution in [3.8, 4) is 11.4 Å².